The van der Waals surface area contributed by atoms with E-state index in [1.807, 2.05) is 0 Å². The first kappa shape index (κ1) is 12.8. The van der Waals surface area contributed by atoms with Gasteiger partial charge in [-0.05, 0) is 31.1 Å². The van der Waals surface area contributed by atoms with Crippen LogP contribution in [0.4, 0.5) is 0 Å². The van der Waals surface area contributed by atoms with Gasteiger partial charge in [-0.2, -0.15) is 0 Å². The van der Waals surface area contributed by atoms with Gasteiger partial charge in [0.1, 0.15) is 12.1 Å². The van der Waals surface area contributed by atoms with Crippen molar-refractivity contribution in [1.29, 1.82) is 0 Å². The molecule has 0 bridgehead atoms. The quantitative estimate of drug-likeness (QED) is 0.710. The van der Waals surface area contributed by atoms with Gasteiger partial charge in [0.05, 0.1) is 6.10 Å². The average molecular weight is 241 g/mol. The first-order valence-electron chi connectivity index (χ1n) is 6.66. The van der Waals surface area contributed by atoms with Gasteiger partial charge in [-0.3, -0.25) is 4.79 Å². The Labute approximate surface area is 103 Å². The fourth-order valence-electron chi connectivity index (χ4n) is 3.11. The lowest BCUT2D eigenvalue weighted by molar-refractivity contribution is -0.154. The molecule has 0 aromatic heterocycles. The number of β-amino-alcohol motifs (C(OH)–C–C–N with tert-alkyl or cyclic N) is 1. The first-order valence-corrected chi connectivity index (χ1v) is 6.66. The van der Waals surface area contributed by atoms with Crippen LogP contribution >= 0.6 is 0 Å². The second kappa shape index (κ2) is 5.36. The maximum absolute atomic E-state index is 11.9. The zero-order valence-electron chi connectivity index (χ0n) is 10.7. The van der Waals surface area contributed by atoms with E-state index in [0.29, 0.717) is 24.8 Å². The Morgan fingerprint density at radius 1 is 1.18 bits per heavy atom. The Morgan fingerprint density at radius 3 is 2.35 bits per heavy atom. The van der Waals surface area contributed by atoms with Gasteiger partial charge in [0.15, 0.2) is 0 Å². The maximum Gasteiger partial charge on any atom is 0.323 e. The van der Waals surface area contributed by atoms with Gasteiger partial charge in [0.2, 0.25) is 0 Å². The highest BCUT2D eigenvalue weighted by Crippen LogP contribution is 2.30. The van der Waals surface area contributed by atoms with Gasteiger partial charge in [-0.25, -0.2) is 0 Å². The van der Waals surface area contributed by atoms with Crippen molar-refractivity contribution in [3.63, 3.8) is 0 Å². The highest BCUT2D eigenvalue weighted by molar-refractivity contribution is 5.76. The number of nitrogens with one attached hydrogen (secondary N) is 1. The van der Waals surface area contributed by atoms with Crippen LogP contribution in [-0.4, -0.2) is 35.9 Å². The molecule has 2 aliphatic rings. The SMILES string of the molecule is CC1CC(C)CC(OC(=O)C2CC(O)CN2)C1. The molecule has 0 amide bonds. The number of ether oxygens (including phenoxy) is 1. The molecule has 1 aliphatic heterocycles. The van der Waals surface area contributed by atoms with Crippen LogP contribution in [0.3, 0.4) is 0 Å². The molecule has 1 aliphatic carbocycles. The van der Waals surface area contributed by atoms with Gasteiger partial charge >= 0.3 is 5.97 Å². The largest absolute Gasteiger partial charge is 0.461 e. The average Bonchev–Trinajstić information content (AvgIpc) is 2.63. The summed E-state index contributed by atoms with van der Waals surface area (Å²) in [4.78, 5) is 11.9. The van der Waals surface area contributed by atoms with E-state index in [-0.39, 0.29) is 18.1 Å². The van der Waals surface area contributed by atoms with Crippen LogP contribution in [0.2, 0.25) is 0 Å². The van der Waals surface area contributed by atoms with Crippen molar-refractivity contribution in [1.82, 2.24) is 5.32 Å². The van der Waals surface area contributed by atoms with Crippen molar-refractivity contribution in [2.45, 2.75) is 57.8 Å². The molecule has 98 valence electrons. The number of rotatable bonds is 2. The monoisotopic (exact) mass is 241 g/mol. The Bertz CT molecular complexity index is 272. The molecule has 2 fully saturated rings. The molecule has 0 aromatic rings. The van der Waals surface area contributed by atoms with Gasteiger partial charge in [0, 0.05) is 13.0 Å². The van der Waals surface area contributed by atoms with E-state index in [9.17, 15) is 9.90 Å². The molecule has 4 unspecified atom stereocenters. The van der Waals surface area contributed by atoms with Gasteiger partial charge < -0.3 is 15.2 Å². The van der Waals surface area contributed by atoms with Gasteiger partial charge in [-0.15, -0.1) is 0 Å². The van der Waals surface area contributed by atoms with E-state index in [2.05, 4.69) is 19.2 Å². The molecule has 2 N–H and O–H groups in total. The molecule has 0 aromatic carbocycles. The molecular weight excluding hydrogens is 218 g/mol. The lowest BCUT2D eigenvalue weighted by Crippen LogP contribution is -2.37. The van der Waals surface area contributed by atoms with E-state index in [1.54, 1.807) is 0 Å². The normalized spacial score (nSPS) is 42.4. The fraction of sp³-hybridized carbons (Fsp3) is 0.923. The van der Waals surface area contributed by atoms with E-state index < -0.39 is 6.10 Å². The van der Waals surface area contributed by atoms with Crippen LogP contribution in [0.25, 0.3) is 0 Å². The van der Waals surface area contributed by atoms with Crippen molar-refractivity contribution >= 4 is 5.97 Å². The van der Waals surface area contributed by atoms with Gasteiger partial charge in [0.25, 0.3) is 0 Å². The minimum atomic E-state index is -0.406. The zero-order chi connectivity index (χ0) is 12.4. The summed E-state index contributed by atoms with van der Waals surface area (Å²) >= 11 is 0. The Morgan fingerprint density at radius 2 is 1.82 bits per heavy atom. The number of aliphatic hydroxyl groups excluding tert-OH is 1. The number of aliphatic hydroxyl groups is 1. The summed E-state index contributed by atoms with van der Waals surface area (Å²) in [5, 5.41) is 12.4. The highest BCUT2D eigenvalue weighted by atomic mass is 16.5. The minimum Gasteiger partial charge on any atom is -0.461 e. The van der Waals surface area contributed by atoms with Crippen molar-refractivity contribution in [3.05, 3.63) is 0 Å². The molecule has 0 spiro atoms. The third-order valence-electron chi connectivity index (χ3n) is 3.81. The number of carbonyl (C=O) groups excluding carboxylic acids is 1. The van der Waals surface area contributed by atoms with E-state index in [4.69, 9.17) is 4.74 Å². The van der Waals surface area contributed by atoms with E-state index in [0.717, 1.165) is 12.8 Å². The van der Waals surface area contributed by atoms with E-state index in [1.165, 1.54) is 6.42 Å². The summed E-state index contributed by atoms with van der Waals surface area (Å²) in [6, 6.07) is -0.308. The van der Waals surface area contributed by atoms with Crippen LogP contribution < -0.4 is 5.32 Å². The predicted octanol–water partition coefficient (Wildman–Crippen LogP) is 1.08. The zero-order valence-corrected chi connectivity index (χ0v) is 10.7. The Balaban J connectivity index is 1.81. The molecule has 1 saturated carbocycles. The molecule has 2 rings (SSSR count). The maximum atomic E-state index is 11.9. The first-order chi connectivity index (χ1) is 8.04. The summed E-state index contributed by atoms with van der Waals surface area (Å²) < 4.78 is 5.55. The molecule has 1 saturated heterocycles. The van der Waals surface area contributed by atoms with Crippen LogP contribution in [0, 0.1) is 11.8 Å². The predicted molar refractivity (Wildman–Crippen MR) is 64.5 cm³/mol. The summed E-state index contributed by atoms with van der Waals surface area (Å²) in [6.07, 6.45) is 3.33. The third kappa shape index (κ3) is 3.42. The van der Waals surface area contributed by atoms with Crippen molar-refractivity contribution in [3.8, 4) is 0 Å². The molecular formula is C13H23NO3. The van der Waals surface area contributed by atoms with Crippen LogP contribution in [0.5, 0.6) is 0 Å². The summed E-state index contributed by atoms with van der Waals surface area (Å²) in [5.74, 6) is 1.09. The smallest absolute Gasteiger partial charge is 0.323 e. The molecule has 17 heavy (non-hydrogen) atoms. The number of hydrogen-bond donors (Lipinski definition) is 2. The number of esters is 1. The summed E-state index contributed by atoms with van der Waals surface area (Å²) in [6.45, 7) is 4.93. The van der Waals surface area contributed by atoms with Crippen LogP contribution in [0.1, 0.15) is 39.5 Å². The number of carbonyl (C=O) groups is 1. The standard InChI is InChI=1S/C13H23NO3/c1-8-3-9(2)5-11(4-8)17-13(16)12-6-10(15)7-14-12/h8-12,14-15H,3-7H2,1-2H3. The Hall–Kier alpha value is -0.610. The molecule has 1 heterocycles. The van der Waals surface area contributed by atoms with Crippen molar-refractivity contribution in [2.24, 2.45) is 11.8 Å². The second-order valence-corrected chi connectivity index (χ2v) is 5.83. The summed E-state index contributed by atoms with van der Waals surface area (Å²) in [5.41, 5.74) is 0. The molecule has 4 heteroatoms. The molecule has 4 atom stereocenters. The topological polar surface area (TPSA) is 58.6 Å². The second-order valence-electron chi connectivity index (χ2n) is 5.83. The highest BCUT2D eigenvalue weighted by Gasteiger charge is 2.33. The van der Waals surface area contributed by atoms with Crippen LogP contribution in [0.15, 0.2) is 0 Å². The number of hydrogen-bond acceptors (Lipinski definition) is 4. The lowest BCUT2D eigenvalue weighted by Gasteiger charge is -2.31. The van der Waals surface area contributed by atoms with E-state index >= 15 is 0 Å². The third-order valence-corrected chi connectivity index (χ3v) is 3.81. The van der Waals surface area contributed by atoms with Crippen molar-refractivity contribution in [2.75, 3.05) is 6.54 Å². The van der Waals surface area contributed by atoms with Crippen LogP contribution in [-0.2, 0) is 9.53 Å². The lowest BCUT2D eigenvalue weighted by atomic mass is 9.82. The molecule has 0 radical (unpaired) electrons. The fourth-order valence-corrected chi connectivity index (χ4v) is 3.11. The molecule has 4 nitrogen and oxygen atoms in total. The Kier molecular flexibility index (Phi) is 4.05. The van der Waals surface area contributed by atoms with Gasteiger partial charge in [-0.1, -0.05) is 13.8 Å². The summed E-state index contributed by atoms with van der Waals surface area (Å²) in [7, 11) is 0. The van der Waals surface area contributed by atoms with Crippen molar-refractivity contribution < 1.29 is 14.6 Å². The minimum absolute atomic E-state index is 0.0702.